The van der Waals surface area contributed by atoms with Crippen LogP contribution in [0.4, 0.5) is 0 Å². The predicted octanol–water partition coefficient (Wildman–Crippen LogP) is 1.77. The van der Waals surface area contributed by atoms with E-state index in [9.17, 15) is 14.4 Å². The Labute approximate surface area is 159 Å². The largest absolute Gasteiger partial charge is 0.463 e. The molecule has 0 aliphatic heterocycles. The molecule has 1 saturated carbocycles. The zero-order valence-corrected chi connectivity index (χ0v) is 16.1. The number of esters is 2. The highest BCUT2D eigenvalue weighted by molar-refractivity contribution is 6.02. The second-order valence-corrected chi connectivity index (χ2v) is 6.33. The van der Waals surface area contributed by atoms with Crippen molar-refractivity contribution < 1.29 is 33.3 Å². The van der Waals surface area contributed by atoms with Gasteiger partial charge in [0.15, 0.2) is 11.2 Å². The van der Waals surface area contributed by atoms with Gasteiger partial charge in [0.2, 0.25) is 5.78 Å². The van der Waals surface area contributed by atoms with E-state index < -0.39 is 23.1 Å². The summed E-state index contributed by atoms with van der Waals surface area (Å²) in [5.74, 6) is -2.00. The lowest BCUT2D eigenvalue weighted by Crippen LogP contribution is -2.66. The standard InChI is InChI=1S/C20H26O7/c1-5-26-16(21)8-7-14-13-15-9-11-19(14,24-3)18(23)20(15,25-4)12-10-17(22)27-6-2/h7-12,14-15H,5-6,13H2,1-4H3/b8-7+,12-10+/t14-,15+,19+,20-/m0/s1. The summed E-state index contributed by atoms with van der Waals surface area (Å²) in [6.07, 6.45) is 9.70. The smallest absolute Gasteiger partial charge is 0.330 e. The number of ketones is 1. The van der Waals surface area contributed by atoms with Crippen molar-refractivity contribution in [3.63, 3.8) is 0 Å². The quantitative estimate of drug-likeness (QED) is 0.361. The number of carbonyl (C=O) groups is 3. The van der Waals surface area contributed by atoms with Crippen LogP contribution in [0.3, 0.4) is 0 Å². The van der Waals surface area contributed by atoms with Crippen LogP contribution in [0, 0.1) is 11.8 Å². The van der Waals surface area contributed by atoms with Crippen LogP contribution in [0.5, 0.6) is 0 Å². The molecule has 148 valence electrons. The summed E-state index contributed by atoms with van der Waals surface area (Å²) in [6.45, 7) is 3.94. The summed E-state index contributed by atoms with van der Waals surface area (Å²) in [6, 6.07) is 0. The third-order valence-corrected chi connectivity index (χ3v) is 5.08. The van der Waals surface area contributed by atoms with E-state index in [1.54, 1.807) is 26.0 Å². The van der Waals surface area contributed by atoms with Crippen molar-refractivity contribution in [1.29, 1.82) is 0 Å². The van der Waals surface area contributed by atoms with Gasteiger partial charge in [-0.3, -0.25) is 4.79 Å². The SMILES string of the molecule is CCOC(=O)/C=C/[C@H]1C[C@H]2C=C[C@]1(OC)C(=O)[C@@]2(/C=C/C(=O)OCC)OC. The molecule has 7 nitrogen and oxygen atoms in total. The Morgan fingerprint density at radius 3 is 2.30 bits per heavy atom. The molecule has 3 rings (SSSR count). The van der Waals surface area contributed by atoms with E-state index in [1.807, 2.05) is 6.08 Å². The summed E-state index contributed by atoms with van der Waals surface area (Å²) in [7, 11) is 2.86. The van der Waals surface area contributed by atoms with Gasteiger partial charge < -0.3 is 18.9 Å². The highest BCUT2D eigenvalue weighted by Gasteiger charge is 2.62. The molecule has 27 heavy (non-hydrogen) atoms. The summed E-state index contributed by atoms with van der Waals surface area (Å²) in [5, 5.41) is 0. The fraction of sp³-hybridized carbons (Fsp3) is 0.550. The van der Waals surface area contributed by atoms with Crippen molar-refractivity contribution in [2.75, 3.05) is 27.4 Å². The van der Waals surface area contributed by atoms with Gasteiger partial charge in [-0.15, -0.1) is 0 Å². The first-order valence-electron chi connectivity index (χ1n) is 8.95. The van der Waals surface area contributed by atoms with Crippen LogP contribution < -0.4 is 0 Å². The molecule has 0 heterocycles. The van der Waals surface area contributed by atoms with Gasteiger partial charge in [-0.1, -0.05) is 12.2 Å². The van der Waals surface area contributed by atoms with Crippen LogP contribution in [-0.2, 0) is 33.3 Å². The molecule has 0 amide bonds. The zero-order chi connectivity index (χ0) is 20.1. The molecule has 3 aliphatic carbocycles. The number of ether oxygens (including phenoxy) is 4. The Hall–Kier alpha value is -2.25. The molecular formula is C20H26O7. The molecule has 0 radical (unpaired) electrons. The first-order chi connectivity index (χ1) is 12.9. The maximum absolute atomic E-state index is 13.4. The molecular weight excluding hydrogens is 352 g/mol. The van der Waals surface area contributed by atoms with Gasteiger partial charge in [0.1, 0.15) is 0 Å². The van der Waals surface area contributed by atoms with E-state index >= 15 is 0 Å². The van der Waals surface area contributed by atoms with Gasteiger partial charge in [-0.05, 0) is 32.4 Å². The average Bonchev–Trinajstić information content (AvgIpc) is 2.67. The number of methoxy groups -OCH3 is 2. The van der Waals surface area contributed by atoms with Crippen LogP contribution in [0.15, 0.2) is 36.5 Å². The van der Waals surface area contributed by atoms with Gasteiger partial charge in [-0.2, -0.15) is 0 Å². The molecule has 0 aromatic heterocycles. The van der Waals surface area contributed by atoms with E-state index in [0.717, 1.165) is 0 Å². The fourth-order valence-corrected chi connectivity index (χ4v) is 3.76. The third-order valence-electron chi connectivity index (χ3n) is 5.08. The maximum atomic E-state index is 13.4. The fourth-order valence-electron chi connectivity index (χ4n) is 3.76. The molecule has 3 aliphatic rings. The van der Waals surface area contributed by atoms with Crippen molar-refractivity contribution >= 4 is 17.7 Å². The Balaban J connectivity index is 2.36. The molecule has 0 spiro atoms. The Bertz CT molecular complexity index is 678. The minimum absolute atomic E-state index is 0.239. The second kappa shape index (κ2) is 8.63. The number of hydrogen-bond acceptors (Lipinski definition) is 7. The van der Waals surface area contributed by atoms with E-state index in [1.165, 1.54) is 32.4 Å². The molecule has 0 unspecified atom stereocenters. The monoisotopic (exact) mass is 378 g/mol. The van der Waals surface area contributed by atoms with Crippen molar-refractivity contribution in [2.24, 2.45) is 11.8 Å². The van der Waals surface area contributed by atoms with Crippen LogP contribution >= 0.6 is 0 Å². The minimum Gasteiger partial charge on any atom is -0.463 e. The normalized spacial score (nSPS) is 32.4. The van der Waals surface area contributed by atoms with Gasteiger partial charge in [0, 0.05) is 38.2 Å². The van der Waals surface area contributed by atoms with Crippen molar-refractivity contribution in [2.45, 2.75) is 31.5 Å². The zero-order valence-electron chi connectivity index (χ0n) is 16.1. The van der Waals surface area contributed by atoms with Crippen molar-refractivity contribution in [3.05, 3.63) is 36.5 Å². The Morgan fingerprint density at radius 2 is 1.74 bits per heavy atom. The number of carbonyl (C=O) groups excluding carboxylic acids is 3. The summed E-state index contributed by atoms with van der Waals surface area (Å²) in [4.78, 5) is 36.8. The Morgan fingerprint density at radius 1 is 1.11 bits per heavy atom. The van der Waals surface area contributed by atoms with Crippen LogP contribution in [0.1, 0.15) is 20.3 Å². The van der Waals surface area contributed by atoms with Crippen molar-refractivity contribution in [1.82, 2.24) is 0 Å². The average molecular weight is 378 g/mol. The lowest BCUT2D eigenvalue weighted by atomic mass is 9.57. The number of rotatable bonds is 8. The predicted molar refractivity (Wildman–Crippen MR) is 96.8 cm³/mol. The van der Waals surface area contributed by atoms with Crippen LogP contribution in [-0.4, -0.2) is 56.4 Å². The first kappa shape index (κ1) is 21.1. The second-order valence-electron chi connectivity index (χ2n) is 6.33. The van der Waals surface area contributed by atoms with Crippen LogP contribution in [0.25, 0.3) is 0 Å². The highest BCUT2D eigenvalue weighted by atomic mass is 16.5. The lowest BCUT2D eigenvalue weighted by Gasteiger charge is -2.53. The molecule has 0 aromatic rings. The van der Waals surface area contributed by atoms with Gasteiger partial charge in [0.25, 0.3) is 0 Å². The number of fused-ring (bicyclic) bond motifs is 2. The van der Waals surface area contributed by atoms with Crippen molar-refractivity contribution in [3.8, 4) is 0 Å². The van der Waals surface area contributed by atoms with Gasteiger partial charge >= 0.3 is 11.9 Å². The topological polar surface area (TPSA) is 88.1 Å². The molecule has 2 bridgehead atoms. The Kier molecular flexibility index (Phi) is 6.73. The molecule has 0 saturated heterocycles. The first-order valence-corrected chi connectivity index (χ1v) is 8.95. The van der Waals surface area contributed by atoms with Gasteiger partial charge in [0.05, 0.1) is 13.2 Å². The molecule has 7 heteroatoms. The highest BCUT2D eigenvalue weighted by Crippen LogP contribution is 2.50. The van der Waals surface area contributed by atoms with E-state index in [-0.39, 0.29) is 30.8 Å². The maximum Gasteiger partial charge on any atom is 0.330 e. The summed E-state index contributed by atoms with van der Waals surface area (Å²) in [5.41, 5.74) is -2.61. The van der Waals surface area contributed by atoms with Gasteiger partial charge in [-0.25, -0.2) is 9.59 Å². The lowest BCUT2D eigenvalue weighted by molar-refractivity contribution is -0.174. The van der Waals surface area contributed by atoms with E-state index in [4.69, 9.17) is 18.9 Å². The van der Waals surface area contributed by atoms with E-state index in [2.05, 4.69) is 0 Å². The van der Waals surface area contributed by atoms with E-state index in [0.29, 0.717) is 6.42 Å². The summed E-state index contributed by atoms with van der Waals surface area (Å²) < 4.78 is 21.0. The number of Topliss-reactive ketones (excluding diaryl/α,β-unsaturated/α-hetero) is 1. The molecule has 0 aromatic carbocycles. The molecule has 1 fully saturated rings. The molecule has 4 atom stereocenters. The number of hydrogen-bond donors (Lipinski definition) is 0. The third kappa shape index (κ3) is 3.75. The molecule has 0 N–H and O–H groups in total. The summed E-state index contributed by atoms with van der Waals surface area (Å²) >= 11 is 0. The van der Waals surface area contributed by atoms with Crippen LogP contribution in [0.2, 0.25) is 0 Å². The minimum atomic E-state index is -1.33.